The van der Waals surface area contributed by atoms with Gasteiger partial charge < -0.3 is 10.5 Å². The summed E-state index contributed by atoms with van der Waals surface area (Å²) in [6.45, 7) is 1.96. The van der Waals surface area contributed by atoms with Gasteiger partial charge in [-0.3, -0.25) is 0 Å². The summed E-state index contributed by atoms with van der Waals surface area (Å²) in [5.74, 6) is -0.399. The molecular formula is C15H14ClNO2. The summed E-state index contributed by atoms with van der Waals surface area (Å²) in [4.78, 5) is 11.6. The lowest BCUT2D eigenvalue weighted by molar-refractivity contribution is 0.0601. The fraction of sp³-hybridized carbons (Fsp3) is 0.133. The molecule has 0 aliphatic rings. The molecule has 4 heteroatoms. The predicted molar refractivity (Wildman–Crippen MR) is 77.4 cm³/mol. The molecule has 0 saturated heterocycles. The number of hydrogen-bond acceptors (Lipinski definition) is 3. The van der Waals surface area contributed by atoms with Gasteiger partial charge in [-0.1, -0.05) is 23.7 Å². The van der Waals surface area contributed by atoms with Crippen LogP contribution in [0, 0.1) is 6.92 Å². The van der Waals surface area contributed by atoms with Gasteiger partial charge in [0.05, 0.1) is 12.7 Å². The minimum Gasteiger partial charge on any atom is -0.465 e. The maximum absolute atomic E-state index is 11.6. The Hall–Kier alpha value is -2.00. The third-order valence-electron chi connectivity index (χ3n) is 2.89. The van der Waals surface area contributed by atoms with E-state index in [1.807, 2.05) is 25.1 Å². The molecule has 0 unspecified atom stereocenters. The van der Waals surface area contributed by atoms with E-state index in [1.54, 1.807) is 18.2 Å². The fourth-order valence-corrected chi connectivity index (χ4v) is 2.21. The van der Waals surface area contributed by atoms with Crippen LogP contribution >= 0.6 is 11.6 Å². The number of methoxy groups -OCH3 is 1. The van der Waals surface area contributed by atoms with Gasteiger partial charge in [0.15, 0.2) is 0 Å². The van der Waals surface area contributed by atoms with Crippen LogP contribution in [0.2, 0.25) is 5.02 Å². The van der Waals surface area contributed by atoms with Gasteiger partial charge in [-0.25, -0.2) is 4.79 Å². The summed E-state index contributed by atoms with van der Waals surface area (Å²) >= 11 is 6.23. The SMILES string of the molecule is COC(=O)c1ccc(N)c(-c2ccc(C)cc2Cl)c1. The smallest absolute Gasteiger partial charge is 0.337 e. The first-order valence-corrected chi connectivity index (χ1v) is 6.15. The van der Waals surface area contributed by atoms with Crippen LogP contribution in [-0.4, -0.2) is 13.1 Å². The van der Waals surface area contributed by atoms with Gasteiger partial charge in [0.2, 0.25) is 0 Å². The van der Waals surface area contributed by atoms with Gasteiger partial charge in [-0.15, -0.1) is 0 Å². The van der Waals surface area contributed by atoms with Crippen molar-refractivity contribution in [1.29, 1.82) is 0 Å². The number of aryl methyl sites for hydroxylation is 1. The van der Waals surface area contributed by atoms with E-state index < -0.39 is 5.97 Å². The second-order valence-electron chi connectivity index (χ2n) is 4.28. The number of benzene rings is 2. The monoisotopic (exact) mass is 275 g/mol. The molecule has 0 spiro atoms. The number of nitrogen functional groups attached to an aromatic ring is 1. The van der Waals surface area contributed by atoms with E-state index in [0.29, 0.717) is 16.3 Å². The zero-order valence-electron chi connectivity index (χ0n) is 10.7. The Labute approximate surface area is 117 Å². The highest BCUT2D eigenvalue weighted by molar-refractivity contribution is 6.33. The molecule has 2 rings (SSSR count). The van der Waals surface area contributed by atoms with Crippen LogP contribution in [0.5, 0.6) is 0 Å². The fourth-order valence-electron chi connectivity index (χ4n) is 1.87. The second kappa shape index (κ2) is 5.33. The third kappa shape index (κ3) is 2.71. The Morgan fingerprint density at radius 3 is 2.53 bits per heavy atom. The van der Waals surface area contributed by atoms with Gasteiger partial charge >= 0.3 is 5.97 Å². The number of rotatable bonds is 2. The number of anilines is 1. The van der Waals surface area contributed by atoms with Crippen LogP contribution in [-0.2, 0) is 4.74 Å². The summed E-state index contributed by atoms with van der Waals surface area (Å²) in [5, 5.41) is 0.605. The van der Waals surface area contributed by atoms with Crippen molar-refractivity contribution in [3.63, 3.8) is 0 Å². The molecule has 2 N–H and O–H groups in total. The summed E-state index contributed by atoms with van der Waals surface area (Å²) in [6, 6.07) is 10.7. The molecule has 0 radical (unpaired) electrons. The molecule has 0 atom stereocenters. The topological polar surface area (TPSA) is 52.3 Å². The van der Waals surface area contributed by atoms with E-state index in [4.69, 9.17) is 22.1 Å². The van der Waals surface area contributed by atoms with E-state index in [9.17, 15) is 4.79 Å². The number of carbonyl (C=O) groups is 1. The van der Waals surface area contributed by atoms with Gasteiger partial charge in [-0.05, 0) is 36.8 Å². The highest BCUT2D eigenvalue weighted by Gasteiger charge is 2.12. The van der Waals surface area contributed by atoms with Gasteiger partial charge in [0.1, 0.15) is 0 Å². The highest BCUT2D eigenvalue weighted by atomic mass is 35.5. The summed E-state index contributed by atoms with van der Waals surface area (Å²) in [7, 11) is 1.34. The Bertz CT molecular complexity index is 638. The number of halogens is 1. The molecule has 2 aromatic rings. The van der Waals surface area contributed by atoms with Crippen LogP contribution in [0.1, 0.15) is 15.9 Å². The Balaban J connectivity index is 2.57. The minimum absolute atomic E-state index is 0.399. The van der Waals surface area contributed by atoms with Gasteiger partial charge in [0.25, 0.3) is 0 Å². The molecule has 0 fully saturated rings. The molecule has 0 bridgehead atoms. The lowest BCUT2D eigenvalue weighted by Crippen LogP contribution is -2.02. The quantitative estimate of drug-likeness (QED) is 0.672. The van der Waals surface area contributed by atoms with Crippen LogP contribution in [0.4, 0.5) is 5.69 Å². The maximum atomic E-state index is 11.6. The van der Waals surface area contributed by atoms with E-state index >= 15 is 0 Å². The summed E-state index contributed by atoms with van der Waals surface area (Å²) in [5.41, 5.74) is 9.57. The second-order valence-corrected chi connectivity index (χ2v) is 4.68. The van der Waals surface area contributed by atoms with Crippen LogP contribution < -0.4 is 5.73 Å². The first-order valence-electron chi connectivity index (χ1n) is 5.77. The number of nitrogens with two attached hydrogens (primary N) is 1. The molecule has 0 aromatic heterocycles. The summed E-state index contributed by atoms with van der Waals surface area (Å²) in [6.07, 6.45) is 0. The lowest BCUT2D eigenvalue weighted by Gasteiger charge is -2.10. The Morgan fingerprint density at radius 2 is 1.89 bits per heavy atom. The third-order valence-corrected chi connectivity index (χ3v) is 3.20. The number of hydrogen-bond donors (Lipinski definition) is 1. The van der Waals surface area contributed by atoms with Crippen molar-refractivity contribution in [3.8, 4) is 11.1 Å². The Morgan fingerprint density at radius 1 is 1.16 bits per heavy atom. The van der Waals surface area contributed by atoms with E-state index in [2.05, 4.69) is 0 Å². The first kappa shape index (κ1) is 13.4. The molecular weight excluding hydrogens is 262 g/mol. The van der Waals surface area contributed by atoms with Crippen molar-refractivity contribution in [2.45, 2.75) is 6.92 Å². The van der Waals surface area contributed by atoms with E-state index in [0.717, 1.165) is 16.7 Å². The van der Waals surface area contributed by atoms with Crippen molar-refractivity contribution >= 4 is 23.3 Å². The van der Waals surface area contributed by atoms with Crippen molar-refractivity contribution in [3.05, 3.63) is 52.5 Å². The minimum atomic E-state index is -0.399. The number of carbonyl (C=O) groups excluding carboxylic acids is 1. The maximum Gasteiger partial charge on any atom is 0.337 e. The first-order chi connectivity index (χ1) is 9.02. The highest BCUT2D eigenvalue weighted by Crippen LogP contribution is 2.33. The van der Waals surface area contributed by atoms with Gasteiger partial charge in [-0.2, -0.15) is 0 Å². The molecule has 98 valence electrons. The number of esters is 1. The molecule has 19 heavy (non-hydrogen) atoms. The Kier molecular flexibility index (Phi) is 3.76. The normalized spacial score (nSPS) is 10.3. The van der Waals surface area contributed by atoms with Crippen LogP contribution in [0.3, 0.4) is 0 Å². The predicted octanol–water partition coefficient (Wildman–Crippen LogP) is 3.68. The molecule has 0 aliphatic heterocycles. The van der Waals surface area contributed by atoms with Crippen molar-refractivity contribution in [1.82, 2.24) is 0 Å². The molecule has 0 saturated carbocycles. The largest absolute Gasteiger partial charge is 0.465 e. The average molecular weight is 276 g/mol. The standard InChI is InChI=1S/C15H14ClNO2/c1-9-3-5-11(13(16)7-9)12-8-10(15(18)19-2)4-6-14(12)17/h3-8H,17H2,1-2H3. The molecule has 0 amide bonds. The van der Waals surface area contributed by atoms with Crippen molar-refractivity contribution in [2.75, 3.05) is 12.8 Å². The van der Waals surface area contributed by atoms with E-state index in [1.165, 1.54) is 7.11 Å². The average Bonchev–Trinajstić information content (AvgIpc) is 2.39. The zero-order chi connectivity index (χ0) is 14.0. The molecule has 0 heterocycles. The number of ether oxygens (including phenoxy) is 1. The molecule has 2 aromatic carbocycles. The van der Waals surface area contributed by atoms with Crippen molar-refractivity contribution in [2.24, 2.45) is 0 Å². The molecule has 3 nitrogen and oxygen atoms in total. The van der Waals surface area contributed by atoms with Gasteiger partial charge in [0, 0.05) is 21.8 Å². The van der Waals surface area contributed by atoms with Crippen LogP contribution in [0.15, 0.2) is 36.4 Å². The zero-order valence-corrected chi connectivity index (χ0v) is 11.5. The summed E-state index contributed by atoms with van der Waals surface area (Å²) < 4.78 is 4.70. The lowest BCUT2D eigenvalue weighted by atomic mass is 10.00. The van der Waals surface area contributed by atoms with E-state index in [-0.39, 0.29) is 0 Å². The molecule has 0 aliphatic carbocycles. The van der Waals surface area contributed by atoms with Crippen LogP contribution in [0.25, 0.3) is 11.1 Å². The van der Waals surface area contributed by atoms with Crippen molar-refractivity contribution < 1.29 is 9.53 Å².